The van der Waals surface area contributed by atoms with Gasteiger partial charge in [-0.15, -0.1) is 0 Å². The minimum Gasteiger partial charge on any atom is -0.468 e. The van der Waals surface area contributed by atoms with Crippen molar-refractivity contribution in [3.8, 4) is 0 Å². The van der Waals surface area contributed by atoms with Crippen molar-refractivity contribution in [1.29, 1.82) is 0 Å². The molecule has 0 spiro atoms. The van der Waals surface area contributed by atoms with Crippen LogP contribution in [-0.4, -0.2) is 49.7 Å². The number of carbonyl (C=O) groups is 1. The summed E-state index contributed by atoms with van der Waals surface area (Å²) in [5.41, 5.74) is -0.458. The van der Waals surface area contributed by atoms with Gasteiger partial charge in [-0.3, -0.25) is 4.79 Å². The third-order valence-electron chi connectivity index (χ3n) is 5.31. The summed E-state index contributed by atoms with van der Waals surface area (Å²) in [4.78, 5) is 14.8. The third kappa shape index (κ3) is 3.17. The van der Waals surface area contributed by atoms with Crippen LogP contribution in [0.15, 0.2) is 0 Å². The minimum absolute atomic E-state index is 0.0889. The van der Waals surface area contributed by atoms with Crippen molar-refractivity contribution < 1.29 is 9.53 Å². The number of nitrogens with zero attached hydrogens (tertiary/aromatic N) is 1. The topological polar surface area (TPSA) is 41.6 Å². The summed E-state index contributed by atoms with van der Waals surface area (Å²) in [6.45, 7) is 4.70. The Bertz CT molecular complexity index is 334. The van der Waals surface area contributed by atoms with E-state index in [1.54, 1.807) is 0 Å². The molecule has 1 saturated heterocycles. The summed E-state index contributed by atoms with van der Waals surface area (Å²) in [7, 11) is 3.39. The van der Waals surface area contributed by atoms with Gasteiger partial charge in [-0.1, -0.05) is 13.3 Å². The first-order chi connectivity index (χ1) is 9.65. The van der Waals surface area contributed by atoms with E-state index < -0.39 is 5.54 Å². The van der Waals surface area contributed by atoms with Crippen LogP contribution in [0.2, 0.25) is 0 Å². The quantitative estimate of drug-likeness (QED) is 0.785. The van der Waals surface area contributed by atoms with Gasteiger partial charge in [0.1, 0.15) is 5.54 Å². The molecule has 1 aliphatic heterocycles. The highest BCUT2D eigenvalue weighted by Crippen LogP contribution is 2.35. The second-order valence-corrected chi connectivity index (χ2v) is 6.51. The van der Waals surface area contributed by atoms with Gasteiger partial charge < -0.3 is 15.0 Å². The van der Waals surface area contributed by atoms with Crippen LogP contribution in [0.5, 0.6) is 0 Å². The zero-order chi connectivity index (χ0) is 14.6. The van der Waals surface area contributed by atoms with Crippen LogP contribution in [0.4, 0.5) is 0 Å². The lowest BCUT2D eigenvalue weighted by Crippen LogP contribution is -2.57. The molecule has 2 aliphatic rings. The van der Waals surface area contributed by atoms with Gasteiger partial charge in [0.05, 0.1) is 7.11 Å². The van der Waals surface area contributed by atoms with Crippen LogP contribution in [0, 0.1) is 5.92 Å². The molecule has 0 aromatic heterocycles. The normalized spacial score (nSPS) is 35.1. The van der Waals surface area contributed by atoms with E-state index in [0.717, 1.165) is 25.2 Å². The van der Waals surface area contributed by atoms with E-state index in [2.05, 4.69) is 17.1 Å². The molecule has 2 rings (SSSR count). The maximum Gasteiger partial charge on any atom is 0.326 e. The van der Waals surface area contributed by atoms with Gasteiger partial charge in [-0.25, -0.2) is 0 Å². The van der Waals surface area contributed by atoms with Crippen LogP contribution in [0.25, 0.3) is 0 Å². The average molecular weight is 282 g/mol. The number of carbonyl (C=O) groups excluding carboxylic acids is 1. The molecule has 3 atom stereocenters. The standard InChI is InChI=1S/C16H30N2O2/c1-4-6-13-8-10-18(12-13)14-7-5-9-16(11-14,17-2)15(19)20-3/h13-14,17H,4-12H2,1-3H3. The minimum atomic E-state index is -0.458. The average Bonchev–Trinajstić information content (AvgIpc) is 2.95. The SMILES string of the molecule is CCCC1CCN(C2CCCC(NC)(C(=O)OC)C2)C1. The summed E-state index contributed by atoms with van der Waals surface area (Å²) in [5.74, 6) is 0.776. The first kappa shape index (κ1) is 15.8. The van der Waals surface area contributed by atoms with Crippen molar-refractivity contribution >= 4 is 5.97 Å². The van der Waals surface area contributed by atoms with Crippen molar-refractivity contribution in [2.45, 2.75) is 63.5 Å². The van der Waals surface area contributed by atoms with E-state index in [1.807, 2.05) is 7.05 Å². The number of nitrogens with one attached hydrogen (secondary N) is 1. The van der Waals surface area contributed by atoms with Crippen molar-refractivity contribution in [2.24, 2.45) is 5.92 Å². The van der Waals surface area contributed by atoms with E-state index in [9.17, 15) is 4.79 Å². The lowest BCUT2D eigenvalue weighted by Gasteiger charge is -2.41. The second kappa shape index (κ2) is 6.90. The summed E-state index contributed by atoms with van der Waals surface area (Å²) >= 11 is 0. The monoisotopic (exact) mass is 282 g/mol. The van der Waals surface area contributed by atoms with Crippen LogP contribution in [0.1, 0.15) is 51.9 Å². The molecule has 0 aromatic carbocycles. The van der Waals surface area contributed by atoms with Gasteiger partial charge in [0, 0.05) is 12.6 Å². The maximum absolute atomic E-state index is 12.1. The van der Waals surface area contributed by atoms with Gasteiger partial charge >= 0.3 is 5.97 Å². The number of esters is 1. The van der Waals surface area contributed by atoms with E-state index >= 15 is 0 Å². The van der Waals surface area contributed by atoms with Crippen molar-refractivity contribution in [2.75, 3.05) is 27.2 Å². The summed E-state index contributed by atoms with van der Waals surface area (Å²) in [5, 5.41) is 3.26. The highest BCUT2D eigenvalue weighted by molar-refractivity contribution is 5.81. The number of hydrogen-bond donors (Lipinski definition) is 1. The molecule has 0 amide bonds. The smallest absolute Gasteiger partial charge is 0.326 e. The van der Waals surface area contributed by atoms with Gasteiger partial charge in [-0.05, 0) is 58.0 Å². The van der Waals surface area contributed by atoms with Crippen molar-refractivity contribution in [1.82, 2.24) is 10.2 Å². The van der Waals surface area contributed by atoms with Gasteiger partial charge in [0.25, 0.3) is 0 Å². The molecule has 1 saturated carbocycles. The number of likely N-dealkylation sites (tertiary alicyclic amines) is 1. The molecule has 2 fully saturated rings. The van der Waals surface area contributed by atoms with Crippen LogP contribution < -0.4 is 5.32 Å². The van der Waals surface area contributed by atoms with Crippen molar-refractivity contribution in [3.05, 3.63) is 0 Å². The molecule has 0 radical (unpaired) electrons. The number of ether oxygens (including phenoxy) is 1. The highest BCUT2D eigenvalue weighted by atomic mass is 16.5. The zero-order valence-electron chi connectivity index (χ0n) is 13.3. The molecule has 1 heterocycles. The molecule has 0 bridgehead atoms. The predicted molar refractivity (Wildman–Crippen MR) is 80.7 cm³/mol. The Kier molecular flexibility index (Phi) is 5.44. The fraction of sp³-hybridized carbons (Fsp3) is 0.938. The van der Waals surface area contributed by atoms with Gasteiger partial charge in [0.2, 0.25) is 0 Å². The Morgan fingerprint density at radius 2 is 2.25 bits per heavy atom. The Morgan fingerprint density at radius 3 is 2.90 bits per heavy atom. The van der Waals surface area contributed by atoms with Crippen LogP contribution in [0.3, 0.4) is 0 Å². The molecule has 0 aromatic rings. The summed E-state index contributed by atoms with van der Waals surface area (Å²) in [6, 6.07) is 0.539. The number of rotatable bonds is 5. The Labute approximate surface area is 123 Å². The summed E-state index contributed by atoms with van der Waals surface area (Å²) < 4.78 is 5.03. The first-order valence-electron chi connectivity index (χ1n) is 8.16. The van der Waals surface area contributed by atoms with Crippen LogP contribution in [-0.2, 0) is 9.53 Å². The van der Waals surface area contributed by atoms with Gasteiger partial charge in [-0.2, -0.15) is 0 Å². The zero-order valence-corrected chi connectivity index (χ0v) is 13.3. The molecular formula is C16H30N2O2. The number of methoxy groups -OCH3 is 1. The highest BCUT2D eigenvalue weighted by Gasteiger charge is 2.44. The van der Waals surface area contributed by atoms with Crippen LogP contribution >= 0.6 is 0 Å². The molecule has 4 heteroatoms. The third-order valence-corrected chi connectivity index (χ3v) is 5.31. The fourth-order valence-corrected chi connectivity index (χ4v) is 4.11. The molecular weight excluding hydrogens is 252 g/mol. The molecule has 3 unspecified atom stereocenters. The molecule has 20 heavy (non-hydrogen) atoms. The molecule has 4 nitrogen and oxygen atoms in total. The Morgan fingerprint density at radius 1 is 1.45 bits per heavy atom. The molecule has 1 N–H and O–H groups in total. The first-order valence-corrected chi connectivity index (χ1v) is 8.16. The van der Waals surface area contributed by atoms with Crippen molar-refractivity contribution in [3.63, 3.8) is 0 Å². The van der Waals surface area contributed by atoms with E-state index in [0.29, 0.717) is 6.04 Å². The van der Waals surface area contributed by atoms with E-state index in [4.69, 9.17) is 4.74 Å². The predicted octanol–water partition coefficient (Wildman–Crippen LogP) is 2.18. The fourth-order valence-electron chi connectivity index (χ4n) is 4.11. The van der Waals surface area contributed by atoms with E-state index in [-0.39, 0.29) is 5.97 Å². The Balaban J connectivity index is 1.98. The molecule has 1 aliphatic carbocycles. The Hall–Kier alpha value is -0.610. The maximum atomic E-state index is 12.1. The van der Waals surface area contributed by atoms with E-state index in [1.165, 1.54) is 45.9 Å². The molecule has 116 valence electrons. The number of hydrogen-bond acceptors (Lipinski definition) is 4. The second-order valence-electron chi connectivity index (χ2n) is 6.51. The lowest BCUT2D eigenvalue weighted by atomic mass is 9.78. The largest absolute Gasteiger partial charge is 0.468 e. The lowest BCUT2D eigenvalue weighted by molar-refractivity contribution is -0.151. The van der Waals surface area contributed by atoms with Gasteiger partial charge in [0.15, 0.2) is 0 Å². The number of likely N-dealkylation sites (N-methyl/N-ethyl adjacent to an activating group) is 1. The summed E-state index contributed by atoms with van der Waals surface area (Å²) in [6.07, 6.45) is 8.08.